The lowest BCUT2D eigenvalue weighted by Crippen LogP contribution is -2.14. The summed E-state index contributed by atoms with van der Waals surface area (Å²) in [6, 6.07) is 16.8. The lowest BCUT2D eigenvalue weighted by Gasteiger charge is -2.11. The van der Waals surface area contributed by atoms with Gasteiger partial charge in [0.25, 0.3) is 5.91 Å². The second kappa shape index (κ2) is 10.4. The largest absolute Gasteiger partial charge is 0.487 e. The zero-order valence-corrected chi connectivity index (χ0v) is 19.1. The quantitative estimate of drug-likeness (QED) is 0.300. The van der Waals surface area contributed by atoms with E-state index >= 15 is 0 Å². The maximum absolute atomic E-state index is 12.9. The van der Waals surface area contributed by atoms with Crippen LogP contribution < -0.4 is 10.1 Å². The molecule has 0 heterocycles. The summed E-state index contributed by atoms with van der Waals surface area (Å²) in [5.74, 6) is -0.405. The molecule has 174 valence electrons. The number of carbonyl (C=O) groups excluding carboxylic acids is 1. The third kappa shape index (κ3) is 6.63. The number of halogens is 4. The van der Waals surface area contributed by atoms with Crippen molar-refractivity contribution < 1.29 is 22.7 Å². The first-order chi connectivity index (χ1) is 16.0. The van der Waals surface area contributed by atoms with Crippen LogP contribution in [0, 0.1) is 25.2 Å². The molecule has 8 heteroatoms. The molecule has 1 amide bonds. The number of nitrogens with one attached hydrogen (secondary N) is 1. The van der Waals surface area contributed by atoms with Crippen LogP contribution in [0.5, 0.6) is 5.75 Å². The van der Waals surface area contributed by atoms with Crippen molar-refractivity contribution in [3.8, 4) is 11.8 Å². The topological polar surface area (TPSA) is 62.1 Å². The van der Waals surface area contributed by atoms with Gasteiger partial charge in [0.2, 0.25) is 0 Å². The summed E-state index contributed by atoms with van der Waals surface area (Å²) >= 11 is 6.31. The second-order valence-corrected chi connectivity index (χ2v) is 8.08. The van der Waals surface area contributed by atoms with E-state index in [1.54, 1.807) is 18.2 Å². The smallest absolute Gasteiger partial charge is 0.416 e. The monoisotopic (exact) mass is 484 g/mol. The van der Waals surface area contributed by atoms with Crippen molar-refractivity contribution in [2.45, 2.75) is 26.6 Å². The Labute approximate surface area is 200 Å². The highest BCUT2D eigenvalue weighted by atomic mass is 35.5. The van der Waals surface area contributed by atoms with Crippen molar-refractivity contribution in [2.24, 2.45) is 0 Å². The molecule has 0 saturated carbocycles. The number of ether oxygens (including phenoxy) is 1. The number of alkyl halides is 3. The highest BCUT2D eigenvalue weighted by Gasteiger charge is 2.30. The molecule has 3 aromatic carbocycles. The SMILES string of the molecule is Cc1cc(C)cc(COc2ccc(/C=C(\C#N)C(=O)Nc3cccc(C(F)(F)F)c3)cc2Cl)c1. The molecule has 4 nitrogen and oxygen atoms in total. The Bertz CT molecular complexity index is 1270. The number of benzene rings is 3. The van der Waals surface area contributed by atoms with Gasteiger partial charge in [-0.05, 0) is 61.4 Å². The summed E-state index contributed by atoms with van der Waals surface area (Å²) in [5, 5.41) is 12.0. The minimum atomic E-state index is -4.55. The van der Waals surface area contributed by atoms with Crippen molar-refractivity contribution in [1.29, 1.82) is 5.26 Å². The third-order valence-corrected chi connectivity index (χ3v) is 5.05. The standard InChI is InChI=1S/C26H20ClF3N2O2/c1-16-8-17(2)10-19(9-16)15-34-24-7-6-18(12-23(24)27)11-20(14-31)25(33)32-22-5-3-4-21(13-22)26(28,29)30/h3-13H,15H2,1-2H3,(H,32,33)/b20-11+. The number of amides is 1. The van der Waals surface area contributed by atoms with E-state index in [0.29, 0.717) is 17.9 Å². The first-order valence-corrected chi connectivity index (χ1v) is 10.5. The molecule has 3 aromatic rings. The number of anilines is 1. The molecule has 0 aliphatic rings. The third-order valence-electron chi connectivity index (χ3n) is 4.76. The molecule has 0 unspecified atom stereocenters. The van der Waals surface area contributed by atoms with Gasteiger partial charge in [-0.25, -0.2) is 0 Å². The van der Waals surface area contributed by atoms with Crippen LogP contribution in [-0.2, 0) is 17.6 Å². The van der Waals surface area contributed by atoms with Gasteiger partial charge in [0.05, 0.1) is 10.6 Å². The fraction of sp³-hybridized carbons (Fsp3) is 0.154. The van der Waals surface area contributed by atoms with Crippen LogP contribution in [0.25, 0.3) is 6.08 Å². The Hall–Kier alpha value is -3.76. The molecule has 0 radical (unpaired) electrons. The summed E-state index contributed by atoms with van der Waals surface area (Å²) in [5.41, 5.74) is 2.42. The zero-order valence-electron chi connectivity index (χ0n) is 18.3. The molecular formula is C26H20ClF3N2O2. The molecule has 0 fully saturated rings. The normalized spacial score (nSPS) is 11.6. The molecule has 34 heavy (non-hydrogen) atoms. The predicted molar refractivity (Wildman–Crippen MR) is 125 cm³/mol. The molecule has 0 aromatic heterocycles. The van der Waals surface area contributed by atoms with Gasteiger partial charge < -0.3 is 10.1 Å². The fourth-order valence-corrected chi connectivity index (χ4v) is 3.57. The van der Waals surface area contributed by atoms with Gasteiger partial charge in [-0.2, -0.15) is 18.4 Å². The van der Waals surface area contributed by atoms with Crippen LogP contribution in [-0.4, -0.2) is 5.91 Å². The van der Waals surface area contributed by atoms with Gasteiger partial charge in [0, 0.05) is 5.69 Å². The summed E-state index contributed by atoms with van der Waals surface area (Å²) in [4.78, 5) is 12.4. The van der Waals surface area contributed by atoms with Crippen molar-refractivity contribution >= 4 is 29.3 Å². The van der Waals surface area contributed by atoms with Crippen molar-refractivity contribution in [3.05, 3.63) is 99.1 Å². The Balaban J connectivity index is 1.72. The molecule has 0 saturated heterocycles. The number of hydrogen-bond donors (Lipinski definition) is 1. The van der Waals surface area contributed by atoms with E-state index in [2.05, 4.69) is 11.4 Å². The van der Waals surface area contributed by atoms with Gasteiger partial charge in [0.15, 0.2) is 0 Å². The lowest BCUT2D eigenvalue weighted by molar-refractivity contribution is -0.137. The molecule has 0 aliphatic heterocycles. The van der Waals surface area contributed by atoms with Crippen LogP contribution in [0.15, 0.2) is 66.2 Å². The summed E-state index contributed by atoms with van der Waals surface area (Å²) < 4.78 is 44.4. The Kier molecular flexibility index (Phi) is 7.64. The van der Waals surface area contributed by atoms with Crippen molar-refractivity contribution in [2.75, 3.05) is 5.32 Å². The van der Waals surface area contributed by atoms with Gasteiger partial charge >= 0.3 is 6.18 Å². The summed E-state index contributed by atoms with van der Waals surface area (Å²) in [6.07, 6.45) is -3.25. The van der Waals surface area contributed by atoms with E-state index in [4.69, 9.17) is 16.3 Å². The van der Waals surface area contributed by atoms with Gasteiger partial charge in [-0.15, -0.1) is 0 Å². The van der Waals surface area contributed by atoms with Crippen LogP contribution in [0.2, 0.25) is 5.02 Å². The summed E-state index contributed by atoms with van der Waals surface area (Å²) in [6.45, 7) is 4.32. The predicted octanol–water partition coefficient (Wildman–Crippen LogP) is 7.10. The number of rotatable bonds is 6. The van der Waals surface area contributed by atoms with Crippen LogP contribution in [0.4, 0.5) is 18.9 Å². The Morgan fingerprint density at radius 3 is 2.41 bits per heavy atom. The first-order valence-electron chi connectivity index (χ1n) is 10.1. The number of nitriles is 1. The van der Waals surface area contributed by atoms with Crippen LogP contribution in [0.3, 0.4) is 0 Å². The van der Waals surface area contributed by atoms with E-state index in [1.165, 1.54) is 24.3 Å². The second-order valence-electron chi connectivity index (χ2n) is 7.68. The van der Waals surface area contributed by atoms with E-state index < -0.39 is 17.6 Å². The highest BCUT2D eigenvalue weighted by Crippen LogP contribution is 2.31. The minimum absolute atomic E-state index is 0.0749. The molecule has 0 bridgehead atoms. The molecule has 0 aliphatic carbocycles. The number of nitrogens with zero attached hydrogens (tertiary/aromatic N) is 1. The Morgan fingerprint density at radius 1 is 1.09 bits per heavy atom. The fourth-order valence-electron chi connectivity index (χ4n) is 3.32. The van der Waals surface area contributed by atoms with Gasteiger partial charge in [-0.3, -0.25) is 4.79 Å². The Morgan fingerprint density at radius 2 is 1.79 bits per heavy atom. The molecule has 3 rings (SSSR count). The van der Waals surface area contributed by atoms with Crippen molar-refractivity contribution in [1.82, 2.24) is 0 Å². The number of aryl methyl sites for hydroxylation is 2. The molecule has 0 spiro atoms. The van der Waals surface area contributed by atoms with E-state index in [9.17, 15) is 23.2 Å². The first kappa shape index (κ1) is 24.9. The molecule has 1 N–H and O–H groups in total. The highest BCUT2D eigenvalue weighted by molar-refractivity contribution is 6.32. The zero-order chi connectivity index (χ0) is 24.9. The van der Waals surface area contributed by atoms with E-state index in [0.717, 1.165) is 28.8 Å². The average molecular weight is 485 g/mol. The van der Waals surface area contributed by atoms with Crippen LogP contribution >= 0.6 is 11.6 Å². The van der Waals surface area contributed by atoms with Gasteiger partial charge in [-0.1, -0.05) is 53.1 Å². The van der Waals surface area contributed by atoms with Crippen LogP contribution in [0.1, 0.15) is 27.8 Å². The van der Waals surface area contributed by atoms with Gasteiger partial charge in [0.1, 0.15) is 24.0 Å². The maximum Gasteiger partial charge on any atom is 0.416 e. The molecular weight excluding hydrogens is 465 g/mol. The van der Waals surface area contributed by atoms with E-state index in [1.807, 2.05) is 26.0 Å². The minimum Gasteiger partial charge on any atom is -0.487 e. The van der Waals surface area contributed by atoms with E-state index in [-0.39, 0.29) is 16.3 Å². The number of hydrogen-bond acceptors (Lipinski definition) is 3. The maximum atomic E-state index is 12.9. The van der Waals surface area contributed by atoms with Crippen molar-refractivity contribution in [3.63, 3.8) is 0 Å². The number of carbonyl (C=O) groups is 1. The molecule has 0 atom stereocenters. The average Bonchev–Trinajstić information content (AvgIpc) is 2.75. The lowest BCUT2D eigenvalue weighted by atomic mass is 10.1. The summed E-state index contributed by atoms with van der Waals surface area (Å²) in [7, 11) is 0.